The van der Waals surface area contributed by atoms with Crippen LogP contribution in [0.25, 0.3) is 0 Å². The summed E-state index contributed by atoms with van der Waals surface area (Å²) in [6, 6.07) is 8.63. The van der Waals surface area contributed by atoms with Crippen molar-refractivity contribution in [2.45, 2.75) is 37.3 Å². The van der Waals surface area contributed by atoms with Gasteiger partial charge in [0.1, 0.15) is 12.8 Å². The van der Waals surface area contributed by atoms with Crippen molar-refractivity contribution < 1.29 is 18.0 Å². The van der Waals surface area contributed by atoms with Crippen molar-refractivity contribution in [3.05, 3.63) is 69.0 Å². The van der Waals surface area contributed by atoms with Gasteiger partial charge in [0.2, 0.25) is 15.9 Å². The van der Waals surface area contributed by atoms with Crippen LogP contribution in [0.15, 0.2) is 52.2 Å². The first kappa shape index (κ1) is 26.5. The molecule has 1 heterocycles. The first-order chi connectivity index (χ1) is 16.0. The second-order valence-electron chi connectivity index (χ2n) is 7.50. The van der Waals surface area contributed by atoms with Crippen LogP contribution in [-0.2, 0) is 31.9 Å². The molecule has 2 atom stereocenters. The quantitative estimate of drug-likeness (QED) is 0.0993. The summed E-state index contributed by atoms with van der Waals surface area (Å²) < 4.78 is 28.5. The predicted molar refractivity (Wildman–Crippen MR) is 124 cm³/mol. The fourth-order valence-corrected chi connectivity index (χ4v) is 4.43. The maximum Gasteiger partial charge on any atom is 0.328 e. The average Bonchev–Trinajstić information content (AvgIpc) is 2.75. The normalized spacial score (nSPS) is 13.0. The SMILES string of the molecule is CN(C(=O)Cn1ccc(=O)[nH]c1=O)[C@H](C=O)CCC(NC(=N)N)NS(=O)(=O)Cc1ccccc1. The fourth-order valence-electron chi connectivity index (χ4n) is 3.10. The van der Waals surface area contributed by atoms with Crippen LogP contribution in [0.4, 0.5) is 0 Å². The maximum absolute atomic E-state index is 12.6. The summed E-state index contributed by atoms with van der Waals surface area (Å²) in [5.41, 5.74) is 4.56. The molecule has 0 radical (unpaired) electrons. The number of amides is 1. The van der Waals surface area contributed by atoms with Gasteiger partial charge in [-0.25, -0.2) is 13.2 Å². The van der Waals surface area contributed by atoms with Crippen LogP contribution in [0, 0.1) is 5.41 Å². The Labute approximate surface area is 195 Å². The van der Waals surface area contributed by atoms with E-state index in [0.29, 0.717) is 11.8 Å². The number of likely N-dealkylation sites (N-methyl/N-ethyl adjacent to an activating group) is 1. The van der Waals surface area contributed by atoms with Gasteiger partial charge in [-0.3, -0.25) is 24.5 Å². The van der Waals surface area contributed by atoms with Crippen LogP contribution in [0.2, 0.25) is 0 Å². The number of sulfonamides is 1. The number of benzene rings is 1. The minimum absolute atomic E-state index is 0.0211. The van der Waals surface area contributed by atoms with Crippen LogP contribution in [0.3, 0.4) is 0 Å². The van der Waals surface area contributed by atoms with E-state index in [1.54, 1.807) is 30.3 Å². The Bertz CT molecular complexity index is 1230. The highest BCUT2D eigenvalue weighted by molar-refractivity contribution is 7.88. The third kappa shape index (κ3) is 8.29. The summed E-state index contributed by atoms with van der Waals surface area (Å²) in [6.45, 7) is -0.407. The largest absolute Gasteiger partial charge is 0.370 e. The molecular formula is C20H27N7O6S. The van der Waals surface area contributed by atoms with Crippen LogP contribution in [0.5, 0.6) is 0 Å². The van der Waals surface area contributed by atoms with E-state index in [1.807, 2.05) is 4.98 Å². The van der Waals surface area contributed by atoms with Crippen molar-refractivity contribution in [2.75, 3.05) is 7.05 Å². The molecule has 14 heteroatoms. The molecule has 1 aromatic heterocycles. The molecule has 0 spiro atoms. The lowest BCUT2D eigenvalue weighted by atomic mass is 10.1. The number of nitrogens with two attached hydrogens (primary N) is 1. The minimum Gasteiger partial charge on any atom is -0.370 e. The van der Waals surface area contributed by atoms with E-state index in [1.165, 1.54) is 7.05 Å². The van der Waals surface area contributed by atoms with Crippen molar-refractivity contribution >= 4 is 28.2 Å². The number of nitrogens with zero attached hydrogens (tertiary/aromatic N) is 2. The Hall–Kier alpha value is -3.78. The van der Waals surface area contributed by atoms with Crippen LogP contribution in [0.1, 0.15) is 18.4 Å². The summed E-state index contributed by atoms with van der Waals surface area (Å²) in [7, 11) is -2.45. The van der Waals surface area contributed by atoms with Gasteiger partial charge in [-0.2, -0.15) is 4.72 Å². The molecule has 0 bridgehead atoms. The number of carbonyl (C=O) groups excluding carboxylic acids is 2. The summed E-state index contributed by atoms with van der Waals surface area (Å²) >= 11 is 0. The Kier molecular flexibility index (Phi) is 9.27. The molecule has 0 saturated heterocycles. The predicted octanol–water partition coefficient (Wildman–Crippen LogP) is -1.73. The number of hydrogen-bond acceptors (Lipinski definition) is 7. The highest BCUT2D eigenvalue weighted by Crippen LogP contribution is 2.09. The number of hydrogen-bond donors (Lipinski definition) is 5. The van der Waals surface area contributed by atoms with Crippen LogP contribution >= 0.6 is 0 Å². The van der Waals surface area contributed by atoms with E-state index >= 15 is 0 Å². The molecule has 1 aromatic carbocycles. The van der Waals surface area contributed by atoms with Gasteiger partial charge in [-0.1, -0.05) is 30.3 Å². The van der Waals surface area contributed by atoms with Gasteiger partial charge < -0.3 is 20.7 Å². The molecule has 1 unspecified atom stereocenters. The zero-order valence-electron chi connectivity index (χ0n) is 18.4. The van der Waals surface area contributed by atoms with Crippen LogP contribution < -0.4 is 27.0 Å². The summed E-state index contributed by atoms with van der Waals surface area (Å²) in [5.74, 6) is -1.35. The second kappa shape index (κ2) is 11.9. The van der Waals surface area contributed by atoms with E-state index in [9.17, 15) is 27.6 Å². The molecule has 184 valence electrons. The standard InChI is InChI=1S/C20H27N7O6S/c1-26(18(30)11-27-10-9-17(29)24-20(27)31)15(12-28)7-8-16(23-19(21)22)25-34(32,33)13-14-5-3-2-4-6-14/h2-6,9-10,12,15-16,25H,7-8,11,13H2,1H3,(H4,21,22,23)(H,24,29,31)/t15-,16?/m0/s1. The number of H-pyrrole nitrogens is 1. The maximum atomic E-state index is 12.6. The number of guanidine groups is 1. The molecule has 34 heavy (non-hydrogen) atoms. The molecule has 1 amide bonds. The third-order valence-electron chi connectivity index (χ3n) is 4.85. The van der Waals surface area contributed by atoms with Gasteiger partial charge in [0.05, 0.1) is 18.0 Å². The molecule has 6 N–H and O–H groups in total. The first-order valence-electron chi connectivity index (χ1n) is 10.2. The molecule has 2 aromatic rings. The molecule has 0 aliphatic carbocycles. The Morgan fingerprint density at radius 2 is 1.91 bits per heavy atom. The van der Waals surface area contributed by atoms with E-state index in [2.05, 4.69) is 10.0 Å². The van der Waals surface area contributed by atoms with Gasteiger partial charge in [0.25, 0.3) is 5.56 Å². The monoisotopic (exact) mass is 493 g/mol. The van der Waals surface area contributed by atoms with Gasteiger partial charge in [0, 0.05) is 19.3 Å². The van der Waals surface area contributed by atoms with Crippen molar-refractivity contribution in [2.24, 2.45) is 5.73 Å². The Balaban J connectivity index is 2.04. The van der Waals surface area contributed by atoms with E-state index in [4.69, 9.17) is 11.1 Å². The Morgan fingerprint density at radius 3 is 2.50 bits per heavy atom. The summed E-state index contributed by atoms with van der Waals surface area (Å²) in [4.78, 5) is 50.3. The molecule has 0 fully saturated rings. The van der Waals surface area contributed by atoms with Gasteiger partial charge in [-0.05, 0) is 18.4 Å². The van der Waals surface area contributed by atoms with E-state index in [-0.39, 0.29) is 18.6 Å². The molecule has 0 saturated carbocycles. The van der Waals surface area contributed by atoms with Gasteiger partial charge >= 0.3 is 5.69 Å². The van der Waals surface area contributed by atoms with Crippen molar-refractivity contribution in [1.82, 2.24) is 24.5 Å². The number of aldehydes is 1. The lowest BCUT2D eigenvalue weighted by Gasteiger charge is -2.26. The highest BCUT2D eigenvalue weighted by atomic mass is 32.2. The topological polar surface area (TPSA) is 200 Å². The first-order valence-corrected chi connectivity index (χ1v) is 11.8. The molecule has 0 aliphatic heterocycles. The highest BCUT2D eigenvalue weighted by Gasteiger charge is 2.24. The lowest BCUT2D eigenvalue weighted by molar-refractivity contribution is -0.135. The average molecular weight is 494 g/mol. The number of aromatic nitrogens is 2. The second-order valence-corrected chi connectivity index (χ2v) is 9.25. The summed E-state index contributed by atoms with van der Waals surface area (Å²) in [6.07, 6.45) is 0.741. The van der Waals surface area contributed by atoms with Crippen molar-refractivity contribution in [3.8, 4) is 0 Å². The Morgan fingerprint density at radius 1 is 1.24 bits per heavy atom. The smallest absolute Gasteiger partial charge is 0.328 e. The van der Waals surface area contributed by atoms with Gasteiger partial charge in [0.15, 0.2) is 5.96 Å². The number of rotatable bonds is 12. The molecule has 2 rings (SSSR count). The van der Waals surface area contributed by atoms with Crippen molar-refractivity contribution in [3.63, 3.8) is 0 Å². The van der Waals surface area contributed by atoms with Gasteiger partial charge in [-0.15, -0.1) is 0 Å². The lowest BCUT2D eigenvalue weighted by Crippen LogP contribution is -2.51. The fraction of sp³-hybridized carbons (Fsp3) is 0.350. The number of nitrogens with one attached hydrogen (secondary N) is 4. The van der Waals surface area contributed by atoms with E-state index in [0.717, 1.165) is 21.7 Å². The van der Waals surface area contributed by atoms with Crippen LogP contribution in [-0.4, -0.2) is 60.3 Å². The number of carbonyl (C=O) groups is 2. The summed E-state index contributed by atoms with van der Waals surface area (Å²) in [5, 5.41) is 9.93. The molecular weight excluding hydrogens is 466 g/mol. The molecule has 13 nitrogen and oxygen atoms in total. The number of aromatic amines is 1. The van der Waals surface area contributed by atoms with E-state index < -0.39 is 51.9 Å². The van der Waals surface area contributed by atoms with Crippen molar-refractivity contribution in [1.29, 1.82) is 5.41 Å². The minimum atomic E-state index is -3.82. The third-order valence-corrected chi connectivity index (χ3v) is 6.21. The zero-order valence-corrected chi connectivity index (χ0v) is 19.2. The molecule has 0 aliphatic rings. The zero-order chi connectivity index (χ0) is 25.3.